The molecule has 2 aliphatic rings. The number of nitrogens with one attached hydrogen (secondary N) is 1. The fourth-order valence-corrected chi connectivity index (χ4v) is 4.10. The average molecular weight is 337 g/mol. The van der Waals surface area contributed by atoms with Gasteiger partial charge in [-0.15, -0.1) is 11.3 Å². The summed E-state index contributed by atoms with van der Waals surface area (Å²) >= 11 is 1.74. The molecule has 2 heterocycles. The zero-order chi connectivity index (χ0) is 16.4. The summed E-state index contributed by atoms with van der Waals surface area (Å²) in [6, 6.07) is 0.508. The van der Waals surface area contributed by atoms with Crippen LogP contribution in [0.3, 0.4) is 0 Å². The SMILES string of the molecule is CC[C@H]1CN(C(=O)C2CC2)CC[C@H]1NCc1cnc(N(C)C)s1. The second-order valence-electron chi connectivity index (χ2n) is 7.01. The molecule has 1 N–H and O–H groups in total. The lowest BCUT2D eigenvalue weighted by Crippen LogP contribution is -2.51. The molecule has 23 heavy (non-hydrogen) atoms. The molecule has 1 aliphatic carbocycles. The van der Waals surface area contributed by atoms with Gasteiger partial charge in [0.1, 0.15) is 0 Å². The summed E-state index contributed by atoms with van der Waals surface area (Å²) in [5, 5.41) is 4.76. The van der Waals surface area contributed by atoms with E-state index in [1.54, 1.807) is 11.3 Å². The molecule has 1 aliphatic heterocycles. The predicted molar refractivity (Wildman–Crippen MR) is 94.8 cm³/mol. The van der Waals surface area contributed by atoms with Gasteiger partial charge in [-0.3, -0.25) is 4.79 Å². The van der Waals surface area contributed by atoms with Gasteiger partial charge in [0.25, 0.3) is 0 Å². The molecule has 128 valence electrons. The van der Waals surface area contributed by atoms with E-state index in [2.05, 4.69) is 22.1 Å². The number of carbonyl (C=O) groups is 1. The highest BCUT2D eigenvalue weighted by Gasteiger charge is 2.37. The maximum Gasteiger partial charge on any atom is 0.225 e. The van der Waals surface area contributed by atoms with Gasteiger partial charge in [0, 0.05) is 56.8 Å². The number of hydrogen-bond acceptors (Lipinski definition) is 5. The second-order valence-corrected chi connectivity index (χ2v) is 8.10. The number of thiazole rings is 1. The number of piperidine rings is 1. The molecule has 0 bridgehead atoms. The van der Waals surface area contributed by atoms with Gasteiger partial charge in [-0.1, -0.05) is 13.3 Å². The van der Waals surface area contributed by atoms with Gasteiger partial charge in [-0.05, 0) is 25.2 Å². The Morgan fingerprint density at radius 1 is 1.43 bits per heavy atom. The maximum absolute atomic E-state index is 12.3. The van der Waals surface area contributed by atoms with E-state index in [0.29, 0.717) is 23.8 Å². The van der Waals surface area contributed by atoms with E-state index in [9.17, 15) is 4.79 Å². The van der Waals surface area contributed by atoms with Gasteiger partial charge in [-0.2, -0.15) is 0 Å². The fraction of sp³-hybridized carbons (Fsp3) is 0.765. The van der Waals surface area contributed by atoms with Crippen LogP contribution in [0.5, 0.6) is 0 Å². The largest absolute Gasteiger partial charge is 0.354 e. The smallest absolute Gasteiger partial charge is 0.225 e. The van der Waals surface area contributed by atoms with Gasteiger partial charge in [0.15, 0.2) is 5.13 Å². The van der Waals surface area contributed by atoms with Crippen molar-refractivity contribution in [2.45, 2.75) is 45.2 Å². The van der Waals surface area contributed by atoms with E-state index in [-0.39, 0.29) is 0 Å². The molecule has 2 fully saturated rings. The van der Waals surface area contributed by atoms with Crippen LogP contribution >= 0.6 is 11.3 Å². The number of nitrogens with zero attached hydrogens (tertiary/aromatic N) is 3. The minimum atomic E-state index is 0.346. The Bertz CT molecular complexity index is 540. The minimum Gasteiger partial charge on any atom is -0.354 e. The molecule has 0 aromatic carbocycles. The molecule has 5 nitrogen and oxygen atoms in total. The lowest BCUT2D eigenvalue weighted by Gasteiger charge is -2.39. The lowest BCUT2D eigenvalue weighted by atomic mass is 9.89. The van der Waals surface area contributed by atoms with Gasteiger partial charge in [0.05, 0.1) is 0 Å². The summed E-state index contributed by atoms with van der Waals surface area (Å²) in [7, 11) is 4.05. The van der Waals surface area contributed by atoms with Crippen molar-refractivity contribution < 1.29 is 4.79 Å². The Kier molecular flexibility index (Phi) is 5.21. The van der Waals surface area contributed by atoms with Crippen molar-refractivity contribution >= 4 is 22.4 Å². The standard InChI is InChI=1S/C17H28N4OS/c1-4-12-11-21(16(22)13-5-6-13)8-7-15(12)18-9-14-10-19-17(23-14)20(2)3/h10,12-13,15,18H,4-9,11H2,1-3H3/t12-,15+/m0/s1. The Hall–Kier alpha value is -1.14. The number of carbonyl (C=O) groups excluding carboxylic acids is 1. The fourth-order valence-electron chi connectivity index (χ4n) is 3.32. The topological polar surface area (TPSA) is 48.5 Å². The average Bonchev–Trinajstić information content (AvgIpc) is 3.29. The molecule has 0 radical (unpaired) electrons. The van der Waals surface area contributed by atoms with E-state index in [1.165, 1.54) is 4.88 Å². The van der Waals surface area contributed by atoms with Crippen LogP contribution in [0, 0.1) is 11.8 Å². The lowest BCUT2D eigenvalue weighted by molar-refractivity contribution is -0.134. The second kappa shape index (κ2) is 7.18. The molecule has 3 rings (SSSR count). The molecular formula is C17H28N4OS. The first-order chi connectivity index (χ1) is 11.1. The van der Waals surface area contributed by atoms with Gasteiger partial charge in [0.2, 0.25) is 5.91 Å². The predicted octanol–water partition coefficient (Wildman–Crippen LogP) is 2.34. The van der Waals surface area contributed by atoms with E-state index < -0.39 is 0 Å². The molecule has 6 heteroatoms. The molecule has 2 atom stereocenters. The number of likely N-dealkylation sites (tertiary alicyclic amines) is 1. The highest BCUT2D eigenvalue weighted by atomic mass is 32.1. The Balaban J connectivity index is 1.52. The Morgan fingerprint density at radius 3 is 2.83 bits per heavy atom. The Labute approximate surface area is 143 Å². The van der Waals surface area contributed by atoms with Crippen molar-refractivity contribution in [2.24, 2.45) is 11.8 Å². The van der Waals surface area contributed by atoms with Crippen molar-refractivity contribution in [2.75, 3.05) is 32.1 Å². The number of amides is 1. The first kappa shape index (κ1) is 16.7. The van der Waals surface area contributed by atoms with E-state index in [1.807, 2.05) is 25.2 Å². The third-order valence-corrected chi connectivity index (χ3v) is 6.12. The monoisotopic (exact) mass is 336 g/mol. The van der Waals surface area contributed by atoms with E-state index in [0.717, 1.165) is 50.4 Å². The van der Waals surface area contributed by atoms with Crippen LogP contribution in [0.2, 0.25) is 0 Å². The van der Waals surface area contributed by atoms with Crippen LogP contribution in [-0.2, 0) is 11.3 Å². The third kappa shape index (κ3) is 4.04. The van der Waals surface area contributed by atoms with Crippen LogP contribution < -0.4 is 10.2 Å². The molecule has 1 saturated heterocycles. The van der Waals surface area contributed by atoms with Gasteiger partial charge in [-0.25, -0.2) is 4.98 Å². The van der Waals surface area contributed by atoms with Crippen LogP contribution in [0.25, 0.3) is 0 Å². The van der Waals surface area contributed by atoms with E-state index in [4.69, 9.17) is 0 Å². The van der Waals surface area contributed by atoms with Crippen molar-refractivity contribution in [1.82, 2.24) is 15.2 Å². The molecule has 1 aromatic heterocycles. The summed E-state index contributed by atoms with van der Waals surface area (Å²) in [5.74, 6) is 1.31. The zero-order valence-corrected chi connectivity index (χ0v) is 15.2. The summed E-state index contributed by atoms with van der Waals surface area (Å²) in [6.07, 6.45) is 6.37. The molecule has 1 aromatic rings. The zero-order valence-electron chi connectivity index (χ0n) is 14.4. The number of anilines is 1. The number of aromatic nitrogens is 1. The maximum atomic E-state index is 12.3. The van der Waals surface area contributed by atoms with Crippen LogP contribution in [0.1, 0.15) is 37.5 Å². The molecule has 1 amide bonds. The number of rotatable bonds is 6. The first-order valence-corrected chi connectivity index (χ1v) is 9.54. The summed E-state index contributed by atoms with van der Waals surface area (Å²) in [6.45, 7) is 4.95. The van der Waals surface area contributed by atoms with Gasteiger partial charge >= 0.3 is 0 Å². The third-order valence-electron chi connectivity index (χ3n) is 4.96. The van der Waals surface area contributed by atoms with E-state index >= 15 is 0 Å². The van der Waals surface area contributed by atoms with Crippen molar-refractivity contribution in [3.8, 4) is 0 Å². The molecule has 0 unspecified atom stereocenters. The highest BCUT2D eigenvalue weighted by molar-refractivity contribution is 7.15. The summed E-state index contributed by atoms with van der Waals surface area (Å²) < 4.78 is 0. The van der Waals surface area contributed by atoms with Crippen LogP contribution in [-0.4, -0.2) is 49.0 Å². The summed E-state index contributed by atoms with van der Waals surface area (Å²) in [4.78, 5) is 22.1. The molecule has 1 saturated carbocycles. The van der Waals surface area contributed by atoms with Crippen LogP contribution in [0.15, 0.2) is 6.20 Å². The number of hydrogen-bond donors (Lipinski definition) is 1. The normalized spacial score (nSPS) is 24.7. The van der Waals surface area contributed by atoms with Crippen molar-refractivity contribution in [1.29, 1.82) is 0 Å². The molecular weight excluding hydrogens is 308 g/mol. The minimum absolute atomic E-state index is 0.346. The van der Waals surface area contributed by atoms with Crippen LogP contribution in [0.4, 0.5) is 5.13 Å². The Morgan fingerprint density at radius 2 is 2.22 bits per heavy atom. The quantitative estimate of drug-likeness (QED) is 0.866. The van der Waals surface area contributed by atoms with Gasteiger partial charge < -0.3 is 15.1 Å². The highest BCUT2D eigenvalue weighted by Crippen LogP contribution is 2.33. The molecule has 0 spiro atoms. The summed E-state index contributed by atoms with van der Waals surface area (Å²) in [5.41, 5.74) is 0. The van der Waals surface area contributed by atoms with Crippen molar-refractivity contribution in [3.63, 3.8) is 0 Å². The first-order valence-electron chi connectivity index (χ1n) is 8.72. The van der Waals surface area contributed by atoms with Crippen molar-refractivity contribution in [3.05, 3.63) is 11.1 Å².